The number of nitro benzene ring substituents is 1. The first-order valence-corrected chi connectivity index (χ1v) is 5.18. The molecule has 3 N–H and O–H groups in total. The molecule has 0 heterocycles. The SMILES string of the molecule is COc1cc(NC(C)(C)C(N)=O)ccc1[N+](=O)[O-]. The molecular weight excluding hydrogens is 238 g/mol. The Balaban J connectivity index is 3.07. The van der Waals surface area contributed by atoms with Crippen LogP contribution in [0, 0.1) is 10.1 Å². The molecule has 1 amide bonds. The first kappa shape index (κ1) is 13.8. The van der Waals surface area contributed by atoms with Gasteiger partial charge in [0.25, 0.3) is 0 Å². The standard InChI is InChI=1S/C11H15N3O4/c1-11(2,10(12)15)13-7-4-5-8(14(16)17)9(6-7)18-3/h4-6,13H,1-3H3,(H2,12,15). The molecule has 0 aliphatic rings. The second kappa shape index (κ2) is 4.91. The third-order valence-corrected chi connectivity index (χ3v) is 2.45. The predicted molar refractivity (Wildman–Crippen MR) is 66.5 cm³/mol. The lowest BCUT2D eigenvalue weighted by molar-refractivity contribution is -0.385. The van der Waals surface area contributed by atoms with E-state index in [2.05, 4.69) is 5.32 Å². The van der Waals surface area contributed by atoms with Crippen molar-refractivity contribution in [2.45, 2.75) is 19.4 Å². The number of nitrogens with one attached hydrogen (secondary N) is 1. The van der Waals surface area contributed by atoms with Gasteiger partial charge in [0.2, 0.25) is 5.91 Å². The Morgan fingerprint density at radius 3 is 2.56 bits per heavy atom. The monoisotopic (exact) mass is 253 g/mol. The molecule has 0 unspecified atom stereocenters. The van der Waals surface area contributed by atoms with Gasteiger partial charge in [-0.3, -0.25) is 14.9 Å². The summed E-state index contributed by atoms with van der Waals surface area (Å²) in [7, 11) is 1.34. The van der Waals surface area contributed by atoms with Crippen LogP contribution in [0.5, 0.6) is 5.75 Å². The van der Waals surface area contributed by atoms with Crippen LogP contribution in [0.4, 0.5) is 11.4 Å². The fourth-order valence-electron chi connectivity index (χ4n) is 1.33. The van der Waals surface area contributed by atoms with E-state index in [0.717, 1.165) is 0 Å². The van der Waals surface area contributed by atoms with E-state index in [0.29, 0.717) is 5.69 Å². The molecule has 0 aliphatic carbocycles. The minimum absolute atomic E-state index is 0.116. The fraction of sp³-hybridized carbons (Fsp3) is 0.364. The quantitative estimate of drug-likeness (QED) is 0.607. The van der Waals surface area contributed by atoms with Crippen LogP contribution in [-0.2, 0) is 4.79 Å². The summed E-state index contributed by atoms with van der Waals surface area (Å²) in [5, 5.41) is 13.6. The van der Waals surface area contributed by atoms with Crippen LogP contribution >= 0.6 is 0 Å². The second-order valence-corrected chi connectivity index (χ2v) is 4.26. The number of nitro groups is 1. The first-order valence-electron chi connectivity index (χ1n) is 5.18. The lowest BCUT2D eigenvalue weighted by Crippen LogP contribution is -2.45. The van der Waals surface area contributed by atoms with Crippen molar-refractivity contribution >= 4 is 17.3 Å². The third kappa shape index (κ3) is 2.88. The van der Waals surface area contributed by atoms with Gasteiger partial charge < -0.3 is 15.8 Å². The van der Waals surface area contributed by atoms with Gasteiger partial charge in [0.15, 0.2) is 5.75 Å². The van der Waals surface area contributed by atoms with Gasteiger partial charge in [0, 0.05) is 17.8 Å². The number of hydrogen-bond acceptors (Lipinski definition) is 5. The molecule has 0 spiro atoms. The third-order valence-electron chi connectivity index (χ3n) is 2.45. The molecule has 0 saturated heterocycles. The number of anilines is 1. The Kier molecular flexibility index (Phi) is 3.75. The molecule has 18 heavy (non-hydrogen) atoms. The number of amides is 1. The summed E-state index contributed by atoms with van der Waals surface area (Å²) >= 11 is 0. The van der Waals surface area contributed by atoms with Crippen molar-refractivity contribution < 1.29 is 14.5 Å². The van der Waals surface area contributed by atoms with Crippen LogP contribution in [0.25, 0.3) is 0 Å². The number of ether oxygens (including phenoxy) is 1. The fourth-order valence-corrected chi connectivity index (χ4v) is 1.33. The zero-order chi connectivity index (χ0) is 13.9. The number of carbonyl (C=O) groups is 1. The molecule has 1 aromatic rings. The average molecular weight is 253 g/mol. The Morgan fingerprint density at radius 2 is 2.11 bits per heavy atom. The minimum Gasteiger partial charge on any atom is -0.490 e. The van der Waals surface area contributed by atoms with E-state index in [1.54, 1.807) is 13.8 Å². The van der Waals surface area contributed by atoms with Gasteiger partial charge in [-0.15, -0.1) is 0 Å². The van der Waals surface area contributed by atoms with Crippen LogP contribution in [0.3, 0.4) is 0 Å². The van der Waals surface area contributed by atoms with Gasteiger partial charge in [-0.2, -0.15) is 0 Å². The van der Waals surface area contributed by atoms with Crippen molar-refractivity contribution in [3.63, 3.8) is 0 Å². The highest BCUT2D eigenvalue weighted by molar-refractivity contribution is 5.87. The number of primary amides is 1. The highest BCUT2D eigenvalue weighted by Gasteiger charge is 2.25. The molecule has 7 heteroatoms. The molecule has 0 atom stereocenters. The van der Waals surface area contributed by atoms with Crippen molar-refractivity contribution in [2.24, 2.45) is 5.73 Å². The average Bonchev–Trinajstić information content (AvgIpc) is 2.27. The van der Waals surface area contributed by atoms with Gasteiger partial charge in [-0.25, -0.2) is 0 Å². The van der Waals surface area contributed by atoms with Gasteiger partial charge in [-0.1, -0.05) is 0 Å². The van der Waals surface area contributed by atoms with E-state index in [1.807, 2.05) is 0 Å². The molecule has 0 radical (unpaired) electrons. The van der Waals surface area contributed by atoms with Crippen molar-refractivity contribution in [1.82, 2.24) is 0 Å². The van der Waals surface area contributed by atoms with Crippen LogP contribution in [0.15, 0.2) is 18.2 Å². The zero-order valence-electron chi connectivity index (χ0n) is 10.4. The van der Waals surface area contributed by atoms with Crippen molar-refractivity contribution in [1.29, 1.82) is 0 Å². The van der Waals surface area contributed by atoms with Crippen LogP contribution in [0.2, 0.25) is 0 Å². The Hall–Kier alpha value is -2.31. The van der Waals surface area contributed by atoms with Gasteiger partial charge in [0.1, 0.15) is 5.54 Å². The summed E-state index contributed by atoms with van der Waals surface area (Å²) in [4.78, 5) is 21.4. The highest BCUT2D eigenvalue weighted by Crippen LogP contribution is 2.30. The molecule has 0 bridgehead atoms. The van der Waals surface area contributed by atoms with Crippen LogP contribution in [0.1, 0.15) is 13.8 Å². The van der Waals surface area contributed by atoms with E-state index < -0.39 is 16.4 Å². The second-order valence-electron chi connectivity index (χ2n) is 4.26. The normalized spacial score (nSPS) is 10.8. The predicted octanol–water partition coefficient (Wildman–Crippen LogP) is 1.28. The summed E-state index contributed by atoms with van der Waals surface area (Å²) in [6, 6.07) is 4.24. The highest BCUT2D eigenvalue weighted by atomic mass is 16.6. The van der Waals surface area contributed by atoms with E-state index in [9.17, 15) is 14.9 Å². The Bertz CT molecular complexity index is 485. The minimum atomic E-state index is -0.957. The summed E-state index contributed by atoms with van der Waals surface area (Å²) < 4.78 is 4.92. The largest absolute Gasteiger partial charge is 0.490 e. The lowest BCUT2D eigenvalue weighted by atomic mass is 10.0. The number of nitrogens with two attached hydrogens (primary N) is 1. The molecule has 1 aromatic carbocycles. The van der Waals surface area contributed by atoms with Gasteiger partial charge >= 0.3 is 5.69 Å². The first-order chi connectivity index (χ1) is 8.27. The number of hydrogen-bond donors (Lipinski definition) is 2. The summed E-state index contributed by atoms with van der Waals surface area (Å²) in [5.41, 5.74) is 4.64. The molecular formula is C11H15N3O4. The summed E-state index contributed by atoms with van der Waals surface area (Å²) in [5.74, 6) is -0.412. The summed E-state index contributed by atoms with van der Waals surface area (Å²) in [6.45, 7) is 3.23. The number of methoxy groups -OCH3 is 1. The van der Waals surface area contributed by atoms with Gasteiger partial charge in [0.05, 0.1) is 12.0 Å². The smallest absolute Gasteiger partial charge is 0.311 e. The van der Waals surface area contributed by atoms with Crippen LogP contribution < -0.4 is 15.8 Å². The molecule has 7 nitrogen and oxygen atoms in total. The Labute approximate surface area is 104 Å². The van der Waals surface area contributed by atoms with E-state index >= 15 is 0 Å². The van der Waals surface area contributed by atoms with Crippen LogP contribution in [-0.4, -0.2) is 23.5 Å². The van der Waals surface area contributed by atoms with E-state index in [1.165, 1.54) is 25.3 Å². The number of benzene rings is 1. The maximum absolute atomic E-state index is 11.2. The van der Waals surface area contributed by atoms with Gasteiger partial charge in [-0.05, 0) is 19.9 Å². The van der Waals surface area contributed by atoms with Crippen molar-refractivity contribution in [2.75, 3.05) is 12.4 Å². The molecule has 0 saturated carbocycles. The van der Waals surface area contributed by atoms with E-state index in [4.69, 9.17) is 10.5 Å². The molecule has 0 aliphatic heterocycles. The molecule has 98 valence electrons. The number of nitrogens with zero attached hydrogens (tertiary/aromatic N) is 1. The number of carbonyl (C=O) groups excluding carboxylic acids is 1. The maximum atomic E-state index is 11.2. The topological polar surface area (TPSA) is 107 Å². The molecule has 0 aromatic heterocycles. The zero-order valence-corrected chi connectivity index (χ0v) is 10.4. The maximum Gasteiger partial charge on any atom is 0.311 e. The molecule has 0 fully saturated rings. The van der Waals surface area contributed by atoms with Crippen molar-refractivity contribution in [3.8, 4) is 5.75 Å². The van der Waals surface area contributed by atoms with E-state index in [-0.39, 0.29) is 11.4 Å². The lowest BCUT2D eigenvalue weighted by Gasteiger charge is -2.23. The Morgan fingerprint density at radius 1 is 1.50 bits per heavy atom. The molecule has 1 rings (SSSR count). The van der Waals surface area contributed by atoms with Crippen molar-refractivity contribution in [3.05, 3.63) is 28.3 Å². The number of rotatable bonds is 5. The summed E-state index contributed by atoms with van der Waals surface area (Å²) in [6.07, 6.45) is 0.